The fourth-order valence-electron chi connectivity index (χ4n) is 2.03. The van der Waals surface area contributed by atoms with E-state index in [2.05, 4.69) is 20.5 Å². The third-order valence-electron chi connectivity index (χ3n) is 3.17. The normalized spacial score (nSPS) is 19.2. The van der Waals surface area contributed by atoms with Crippen molar-refractivity contribution < 1.29 is 9.59 Å². The van der Waals surface area contributed by atoms with Gasteiger partial charge in [0, 0.05) is 32.5 Å². The van der Waals surface area contributed by atoms with E-state index in [-0.39, 0.29) is 23.6 Å². The number of carbonyl (C=O) groups is 2. The van der Waals surface area contributed by atoms with E-state index < -0.39 is 0 Å². The van der Waals surface area contributed by atoms with Crippen LogP contribution < -0.4 is 5.32 Å². The molecule has 2 N–H and O–H groups in total. The zero-order valence-electron chi connectivity index (χ0n) is 11.7. The molecular weight excluding hydrogens is 278 g/mol. The minimum absolute atomic E-state index is 0.0455. The van der Waals surface area contributed by atoms with E-state index in [0.717, 1.165) is 12.2 Å². The number of piperidine rings is 1. The molecule has 7 nitrogen and oxygen atoms in total. The Morgan fingerprint density at radius 2 is 2.40 bits per heavy atom. The second-order valence-electron chi connectivity index (χ2n) is 4.78. The molecule has 110 valence electrons. The number of H-pyrrole nitrogens is 1. The Morgan fingerprint density at radius 3 is 3.05 bits per heavy atom. The van der Waals surface area contributed by atoms with Gasteiger partial charge in [-0.05, 0) is 6.42 Å². The van der Waals surface area contributed by atoms with Gasteiger partial charge >= 0.3 is 0 Å². The molecule has 1 aliphatic heterocycles. The molecule has 0 aromatic carbocycles. The highest BCUT2D eigenvalue weighted by Gasteiger charge is 2.23. The Morgan fingerprint density at radius 1 is 1.60 bits per heavy atom. The Labute approximate surface area is 121 Å². The first-order chi connectivity index (χ1) is 9.58. The predicted molar refractivity (Wildman–Crippen MR) is 75.3 cm³/mol. The first-order valence-corrected chi connectivity index (χ1v) is 7.64. The van der Waals surface area contributed by atoms with Crippen molar-refractivity contribution in [2.24, 2.45) is 0 Å². The molecule has 20 heavy (non-hydrogen) atoms. The number of nitrogens with zero attached hydrogens (tertiary/aromatic N) is 3. The highest BCUT2D eigenvalue weighted by atomic mass is 32.2. The first kappa shape index (κ1) is 14.8. The largest absolute Gasteiger partial charge is 0.351 e. The first-order valence-electron chi connectivity index (χ1n) is 6.66. The summed E-state index contributed by atoms with van der Waals surface area (Å²) in [5.74, 6) is 1.19. The van der Waals surface area contributed by atoms with Gasteiger partial charge in [0.25, 0.3) is 0 Å². The van der Waals surface area contributed by atoms with Crippen molar-refractivity contribution >= 4 is 23.6 Å². The van der Waals surface area contributed by atoms with Crippen molar-refractivity contribution in [1.82, 2.24) is 25.4 Å². The fourth-order valence-corrected chi connectivity index (χ4v) is 2.66. The zero-order chi connectivity index (χ0) is 14.5. The van der Waals surface area contributed by atoms with Crippen molar-refractivity contribution in [3.63, 3.8) is 0 Å². The van der Waals surface area contributed by atoms with Gasteiger partial charge in [-0.25, -0.2) is 4.98 Å². The van der Waals surface area contributed by atoms with Crippen LogP contribution in [0.4, 0.5) is 0 Å². The van der Waals surface area contributed by atoms with Crippen LogP contribution in [0.25, 0.3) is 0 Å². The third kappa shape index (κ3) is 3.96. The number of nitrogens with one attached hydrogen (secondary N) is 2. The lowest BCUT2D eigenvalue weighted by Crippen LogP contribution is -2.48. The van der Waals surface area contributed by atoms with Crippen molar-refractivity contribution in [2.45, 2.75) is 37.4 Å². The number of likely N-dealkylation sites (tertiary alicyclic amines) is 1. The molecule has 1 aromatic heterocycles. The predicted octanol–water partition coefficient (Wildman–Crippen LogP) is 0.196. The molecule has 2 heterocycles. The van der Waals surface area contributed by atoms with E-state index in [1.165, 1.54) is 11.8 Å². The van der Waals surface area contributed by atoms with Crippen LogP contribution in [-0.4, -0.2) is 57.3 Å². The number of thioether (sulfide) groups is 1. The minimum Gasteiger partial charge on any atom is -0.351 e. The number of hydrogen-bond acceptors (Lipinski definition) is 5. The Kier molecular flexibility index (Phi) is 4.99. The zero-order valence-corrected chi connectivity index (χ0v) is 12.5. The summed E-state index contributed by atoms with van der Waals surface area (Å²) in [6.07, 6.45) is 2.00. The van der Waals surface area contributed by atoms with Gasteiger partial charge in [-0.1, -0.05) is 18.7 Å². The number of aromatic amines is 1. The molecule has 1 unspecified atom stereocenters. The number of likely N-dealkylation sites (N-methyl/N-ethyl adjacent to an activating group) is 1. The number of aromatic nitrogens is 3. The van der Waals surface area contributed by atoms with Crippen molar-refractivity contribution in [3.05, 3.63) is 5.82 Å². The van der Waals surface area contributed by atoms with Crippen LogP contribution in [-0.2, 0) is 16.0 Å². The van der Waals surface area contributed by atoms with Crippen LogP contribution in [0.3, 0.4) is 0 Å². The summed E-state index contributed by atoms with van der Waals surface area (Å²) < 4.78 is 0. The van der Waals surface area contributed by atoms with E-state index >= 15 is 0 Å². The lowest BCUT2D eigenvalue weighted by molar-refractivity contribution is -0.133. The SMILES string of the molecule is CCc1nc(SCC(=O)NC2CCC(=O)N(C)C2)n[nH]1. The summed E-state index contributed by atoms with van der Waals surface area (Å²) in [6, 6.07) is 0.0455. The molecule has 1 fully saturated rings. The van der Waals surface area contributed by atoms with Crippen molar-refractivity contribution in [1.29, 1.82) is 0 Å². The molecule has 0 bridgehead atoms. The highest BCUT2D eigenvalue weighted by molar-refractivity contribution is 7.99. The van der Waals surface area contributed by atoms with Crippen LogP contribution in [0.2, 0.25) is 0 Å². The summed E-state index contributed by atoms with van der Waals surface area (Å²) in [6.45, 7) is 2.57. The summed E-state index contributed by atoms with van der Waals surface area (Å²) in [5.41, 5.74) is 0. The smallest absolute Gasteiger partial charge is 0.230 e. The summed E-state index contributed by atoms with van der Waals surface area (Å²) in [4.78, 5) is 29.1. The van der Waals surface area contributed by atoms with Gasteiger partial charge in [-0.3, -0.25) is 14.7 Å². The maximum absolute atomic E-state index is 11.8. The molecule has 2 amide bonds. The molecule has 0 aliphatic carbocycles. The second-order valence-corrected chi connectivity index (χ2v) is 5.73. The van der Waals surface area contributed by atoms with Crippen LogP contribution in [0.5, 0.6) is 0 Å². The molecule has 1 aromatic rings. The van der Waals surface area contributed by atoms with E-state index in [1.54, 1.807) is 11.9 Å². The fraction of sp³-hybridized carbons (Fsp3) is 0.667. The monoisotopic (exact) mass is 297 g/mol. The van der Waals surface area contributed by atoms with Gasteiger partial charge in [0.1, 0.15) is 5.82 Å². The van der Waals surface area contributed by atoms with Gasteiger partial charge in [-0.15, -0.1) is 5.10 Å². The number of rotatable bonds is 5. The Hall–Kier alpha value is -1.57. The number of aryl methyl sites for hydroxylation is 1. The lowest BCUT2D eigenvalue weighted by atomic mass is 10.1. The second kappa shape index (κ2) is 6.74. The van der Waals surface area contributed by atoms with Crippen LogP contribution in [0, 0.1) is 0 Å². The quantitative estimate of drug-likeness (QED) is 0.757. The van der Waals surface area contributed by atoms with Crippen LogP contribution in [0.1, 0.15) is 25.6 Å². The minimum atomic E-state index is -0.0504. The third-order valence-corrected chi connectivity index (χ3v) is 4.02. The lowest BCUT2D eigenvalue weighted by Gasteiger charge is -2.30. The van der Waals surface area contributed by atoms with E-state index in [9.17, 15) is 9.59 Å². The average molecular weight is 297 g/mol. The van der Waals surface area contributed by atoms with E-state index in [4.69, 9.17) is 0 Å². The Bertz CT molecular complexity index is 490. The summed E-state index contributed by atoms with van der Waals surface area (Å²) >= 11 is 1.31. The maximum Gasteiger partial charge on any atom is 0.230 e. The van der Waals surface area contributed by atoms with E-state index in [0.29, 0.717) is 24.5 Å². The standard InChI is InChI=1S/C12H19N5O2S/c1-3-9-14-12(16-15-9)20-7-10(18)13-8-4-5-11(19)17(2)6-8/h8H,3-7H2,1-2H3,(H,13,18)(H,14,15,16). The van der Waals surface area contributed by atoms with Crippen molar-refractivity contribution in [3.8, 4) is 0 Å². The van der Waals surface area contributed by atoms with Crippen LogP contribution in [0.15, 0.2) is 5.16 Å². The van der Waals surface area contributed by atoms with Gasteiger partial charge in [-0.2, -0.15) is 0 Å². The molecule has 1 aliphatic rings. The topological polar surface area (TPSA) is 91.0 Å². The number of amides is 2. The van der Waals surface area contributed by atoms with Gasteiger partial charge in [0.15, 0.2) is 0 Å². The Balaban J connectivity index is 1.74. The van der Waals surface area contributed by atoms with Gasteiger partial charge in [0.05, 0.1) is 5.75 Å². The van der Waals surface area contributed by atoms with Gasteiger partial charge in [0.2, 0.25) is 17.0 Å². The molecular formula is C12H19N5O2S. The molecule has 1 atom stereocenters. The molecule has 1 saturated heterocycles. The average Bonchev–Trinajstić information content (AvgIpc) is 2.89. The molecule has 2 rings (SSSR count). The summed E-state index contributed by atoms with van der Waals surface area (Å²) in [5, 5.41) is 10.4. The number of hydrogen-bond donors (Lipinski definition) is 2. The number of carbonyl (C=O) groups excluding carboxylic acids is 2. The van der Waals surface area contributed by atoms with Crippen LogP contribution >= 0.6 is 11.8 Å². The molecule has 0 spiro atoms. The van der Waals surface area contributed by atoms with Crippen molar-refractivity contribution in [2.75, 3.05) is 19.3 Å². The maximum atomic E-state index is 11.8. The van der Waals surface area contributed by atoms with Gasteiger partial charge < -0.3 is 10.2 Å². The molecule has 0 saturated carbocycles. The summed E-state index contributed by atoms with van der Waals surface area (Å²) in [7, 11) is 1.76. The molecule has 8 heteroatoms. The molecule has 0 radical (unpaired) electrons. The highest BCUT2D eigenvalue weighted by Crippen LogP contribution is 2.13. The van der Waals surface area contributed by atoms with E-state index in [1.807, 2.05) is 6.92 Å².